The molecule has 4 aromatic rings. The molecular weight excluding hydrogens is 486 g/mol. The first-order valence-corrected chi connectivity index (χ1v) is 14.5. The van der Waals surface area contributed by atoms with E-state index >= 15 is 0 Å². The molecular formula is C33H39N3OS. The third-order valence-electron chi connectivity index (χ3n) is 6.82. The van der Waals surface area contributed by atoms with Crippen LogP contribution in [-0.4, -0.2) is 28.9 Å². The molecule has 0 fully saturated rings. The quantitative estimate of drug-likeness (QED) is 0.197. The van der Waals surface area contributed by atoms with Gasteiger partial charge in [0.2, 0.25) is 0 Å². The van der Waals surface area contributed by atoms with Gasteiger partial charge in [-0.2, -0.15) is 0 Å². The molecule has 4 nitrogen and oxygen atoms in total. The van der Waals surface area contributed by atoms with E-state index in [2.05, 4.69) is 116 Å². The van der Waals surface area contributed by atoms with E-state index in [1.807, 2.05) is 5.38 Å². The van der Waals surface area contributed by atoms with Crippen LogP contribution >= 0.6 is 11.3 Å². The molecule has 0 aliphatic rings. The molecule has 0 aliphatic carbocycles. The van der Waals surface area contributed by atoms with E-state index in [1.165, 1.54) is 22.3 Å². The molecule has 0 atom stereocenters. The monoisotopic (exact) mass is 525 g/mol. The number of benzene rings is 3. The number of amides is 1. The van der Waals surface area contributed by atoms with Crippen LogP contribution in [0.3, 0.4) is 0 Å². The summed E-state index contributed by atoms with van der Waals surface area (Å²) in [5.74, 6) is 0.801. The molecule has 0 bridgehead atoms. The second-order valence-corrected chi connectivity index (χ2v) is 11.4. The number of carbonyl (C=O) groups is 1. The van der Waals surface area contributed by atoms with Crippen LogP contribution < -0.4 is 5.32 Å². The van der Waals surface area contributed by atoms with E-state index in [1.54, 1.807) is 11.3 Å². The Hall–Kier alpha value is -3.28. The van der Waals surface area contributed by atoms with Gasteiger partial charge >= 0.3 is 0 Å². The molecule has 4 rings (SSSR count). The molecule has 0 spiro atoms. The van der Waals surface area contributed by atoms with Gasteiger partial charge in [0.25, 0.3) is 5.91 Å². The molecule has 3 aromatic carbocycles. The Kier molecular flexibility index (Phi) is 10.2. The fourth-order valence-electron chi connectivity index (χ4n) is 4.62. The lowest BCUT2D eigenvalue weighted by Crippen LogP contribution is -2.27. The maximum Gasteiger partial charge on any atom is 0.270 e. The number of rotatable bonds is 13. The molecule has 0 saturated heterocycles. The summed E-state index contributed by atoms with van der Waals surface area (Å²) >= 11 is 1.57. The Bertz CT molecular complexity index is 1210. The Balaban J connectivity index is 1.49. The third kappa shape index (κ3) is 8.37. The van der Waals surface area contributed by atoms with Crippen LogP contribution in [0, 0.1) is 12.8 Å². The van der Waals surface area contributed by atoms with Gasteiger partial charge in [0.1, 0.15) is 10.7 Å². The molecule has 38 heavy (non-hydrogen) atoms. The second-order valence-electron chi connectivity index (χ2n) is 10.4. The van der Waals surface area contributed by atoms with Crippen molar-refractivity contribution in [2.24, 2.45) is 5.92 Å². The maximum absolute atomic E-state index is 12.6. The zero-order chi connectivity index (χ0) is 26.7. The molecule has 0 radical (unpaired) electrons. The minimum atomic E-state index is -0.0774. The Morgan fingerprint density at radius 3 is 2.11 bits per heavy atom. The van der Waals surface area contributed by atoms with E-state index in [-0.39, 0.29) is 5.91 Å². The summed E-state index contributed by atoms with van der Waals surface area (Å²) in [6.45, 7) is 9.60. The van der Waals surface area contributed by atoms with Gasteiger partial charge < -0.3 is 5.32 Å². The van der Waals surface area contributed by atoms with Crippen molar-refractivity contribution in [3.05, 3.63) is 123 Å². The van der Waals surface area contributed by atoms with E-state index in [0.29, 0.717) is 30.6 Å². The summed E-state index contributed by atoms with van der Waals surface area (Å²) in [5.41, 5.74) is 5.75. The molecule has 0 aliphatic heterocycles. The minimum absolute atomic E-state index is 0.0774. The number of hydrogen-bond donors (Lipinski definition) is 1. The van der Waals surface area contributed by atoms with Crippen molar-refractivity contribution >= 4 is 17.2 Å². The summed E-state index contributed by atoms with van der Waals surface area (Å²) < 4.78 is 0. The van der Waals surface area contributed by atoms with Crippen molar-refractivity contribution in [2.75, 3.05) is 13.1 Å². The summed E-state index contributed by atoms with van der Waals surface area (Å²) in [5, 5.41) is 5.87. The average Bonchev–Trinajstić information content (AvgIpc) is 3.39. The van der Waals surface area contributed by atoms with Crippen molar-refractivity contribution in [3.8, 4) is 0 Å². The van der Waals surface area contributed by atoms with Crippen LogP contribution in [0.2, 0.25) is 0 Å². The SMILES string of the molecule is Cc1ccc(CN(CCC(c2ccccc2)c2ccccc2)Cc2nc(C(=O)NCCC(C)C)cs2)cc1. The number of carbonyl (C=O) groups excluding carboxylic acids is 1. The predicted molar refractivity (Wildman–Crippen MR) is 159 cm³/mol. The van der Waals surface area contributed by atoms with Gasteiger partial charge in [-0.1, -0.05) is 104 Å². The first-order valence-electron chi connectivity index (χ1n) is 13.6. The molecule has 1 N–H and O–H groups in total. The summed E-state index contributed by atoms with van der Waals surface area (Å²) in [4.78, 5) is 19.8. The van der Waals surface area contributed by atoms with Crippen molar-refractivity contribution in [2.45, 2.75) is 52.6 Å². The molecule has 198 valence electrons. The van der Waals surface area contributed by atoms with Crippen LogP contribution in [0.4, 0.5) is 0 Å². The van der Waals surface area contributed by atoms with Gasteiger partial charge in [-0.25, -0.2) is 4.98 Å². The Morgan fingerprint density at radius 2 is 1.50 bits per heavy atom. The predicted octanol–water partition coefficient (Wildman–Crippen LogP) is 7.45. The van der Waals surface area contributed by atoms with Gasteiger partial charge in [0.15, 0.2) is 0 Å². The lowest BCUT2D eigenvalue weighted by Gasteiger charge is -2.25. The van der Waals surface area contributed by atoms with Crippen molar-refractivity contribution in [3.63, 3.8) is 0 Å². The highest BCUT2D eigenvalue weighted by atomic mass is 32.1. The summed E-state index contributed by atoms with van der Waals surface area (Å²) in [6.07, 6.45) is 1.96. The van der Waals surface area contributed by atoms with Crippen molar-refractivity contribution < 1.29 is 4.79 Å². The average molecular weight is 526 g/mol. The van der Waals surface area contributed by atoms with Gasteiger partial charge in [-0.3, -0.25) is 9.69 Å². The lowest BCUT2D eigenvalue weighted by atomic mass is 9.88. The smallest absolute Gasteiger partial charge is 0.270 e. The number of aryl methyl sites for hydroxylation is 1. The highest BCUT2D eigenvalue weighted by Gasteiger charge is 2.18. The van der Waals surface area contributed by atoms with Crippen LogP contribution in [0.5, 0.6) is 0 Å². The van der Waals surface area contributed by atoms with Crippen LogP contribution in [-0.2, 0) is 13.1 Å². The maximum atomic E-state index is 12.6. The van der Waals surface area contributed by atoms with E-state index < -0.39 is 0 Å². The van der Waals surface area contributed by atoms with Crippen molar-refractivity contribution in [1.82, 2.24) is 15.2 Å². The van der Waals surface area contributed by atoms with E-state index in [4.69, 9.17) is 4.98 Å². The van der Waals surface area contributed by atoms with Crippen LogP contribution in [0.25, 0.3) is 0 Å². The largest absolute Gasteiger partial charge is 0.351 e. The first-order chi connectivity index (χ1) is 18.5. The normalized spacial score (nSPS) is 11.4. The Labute approximate surface area is 231 Å². The zero-order valence-electron chi connectivity index (χ0n) is 22.8. The van der Waals surface area contributed by atoms with Gasteiger partial charge in [0, 0.05) is 24.4 Å². The molecule has 0 unspecified atom stereocenters. The fraction of sp³-hybridized carbons (Fsp3) is 0.333. The zero-order valence-corrected chi connectivity index (χ0v) is 23.6. The number of nitrogens with zero attached hydrogens (tertiary/aromatic N) is 2. The number of thiazole rings is 1. The minimum Gasteiger partial charge on any atom is -0.351 e. The Morgan fingerprint density at radius 1 is 0.868 bits per heavy atom. The summed E-state index contributed by atoms with van der Waals surface area (Å²) in [7, 11) is 0. The van der Waals surface area contributed by atoms with Crippen molar-refractivity contribution in [1.29, 1.82) is 0 Å². The van der Waals surface area contributed by atoms with Gasteiger partial charge in [-0.05, 0) is 48.9 Å². The molecule has 1 heterocycles. The number of hydrogen-bond acceptors (Lipinski definition) is 4. The first kappa shape index (κ1) is 27.7. The topological polar surface area (TPSA) is 45.2 Å². The van der Waals surface area contributed by atoms with E-state index in [0.717, 1.165) is 30.9 Å². The van der Waals surface area contributed by atoms with Crippen LogP contribution in [0.1, 0.15) is 70.4 Å². The van der Waals surface area contributed by atoms with Gasteiger partial charge in [-0.15, -0.1) is 11.3 Å². The van der Waals surface area contributed by atoms with E-state index in [9.17, 15) is 4.79 Å². The van der Waals surface area contributed by atoms with Crippen LogP contribution in [0.15, 0.2) is 90.3 Å². The molecule has 0 saturated carbocycles. The third-order valence-corrected chi connectivity index (χ3v) is 7.65. The highest BCUT2D eigenvalue weighted by molar-refractivity contribution is 7.09. The molecule has 1 amide bonds. The lowest BCUT2D eigenvalue weighted by molar-refractivity contribution is 0.0947. The standard InChI is InChI=1S/C33H39N3OS/c1-25(2)18-20-34-33(37)31-24-38-32(35-31)23-36(22-27-16-14-26(3)15-17-27)21-19-30(28-10-6-4-7-11-28)29-12-8-5-9-13-29/h4-17,24-25,30H,18-23H2,1-3H3,(H,34,37). The molecule has 1 aromatic heterocycles. The van der Waals surface area contributed by atoms with Gasteiger partial charge in [0.05, 0.1) is 6.54 Å². The second kappa shape index (κ2) is 14.0. The highest BCUT2D eigenvalue weighted by Crippen LogP contribution is 2.29. The fourth-order valence-corrected chi connectivity index (χ4v) is 5.43. The number of nitrogens with one attached hydrogen (secondary N) is 1. The molecule has 5 heteroatoms. The number of aromatic nitrogens is 1. The summed E-state index contributed by atoms with van der Waals surface area (Å²) in [6, 6.07) is 30.3.